The third-order valence-corrected chi connectivity index (χ3v) is 3.95. The minimum Gasteiger partial charge on any atom is -0.299 e. The summed E-state index contributed by atoms with van der Waals surface area (Å²) in [6, 6.07) is 0. The second-order valence-corrected chi connectivity index (χ2v) is 4.88. The average Bonchev–Trinajstić information content (AvgIpc) is 2.91. The first-order valence-electron chi connectivity index (χ1n) is 5.93. The molecule has 1 nitrogen and oxygen atoms in total. The van der Waals surface area contributed by atoms with E-state index >= 15 is 0 Å². The predicted molar refractivity (Wildman–Crippen MR) is 58.0 cm³/mol. The van der Waals surface area contributed by atoms with Gasteiger partial charge in [0.1, 0.15) is 5.78 Å². The van der Waals surface area contributed by atoms with Crippen molar-refractivity contribution in [2.75, 3.05) is 0 Å². The number of hydrogen-bond donors (Lipinski definition) is 0. The Bertz CT molecular complexity index is 242. The summed E-state index contributed by atoms with van der Waals surface area (Å²) < 4.78 is 0. The fourth-order valence-electron chi connectivity index (χ4n) is 2.96. The minimum atomic E-state index is 0.431. The first-order chi connectivity index (χ1) is 6.74. The van der Waals surface area contributed by atoms with E-state index < -0.39 is 0 Å². The van der Waals surface area contributed by atoms with Gasteiger partial charge in [-0.1, -0.05) is 31.9 Å². The molecule has 2 aliphatic carbocycles. The lowest BCUT2D eigenvalue weighted by molar-refractivity contribution is -0.120. The minimum absolute atomic E-state index is 0.431. The lowest BCUT2D eigenvalue weighted by Crippen LogP contribution is -2.04. The molecule has 0 aromatic heterocycles. The molecule has 0 aromatic carbocycles. The maximum absolute atomic E-state index is 11.9. The molecule has 2 unspecified atom stereocenters. The van der Waals surface area contributed by atoms with Crippen LogP contribution in [0.3, 0.4) is 0 Å². The fraction of sp³-hybridized carbons (Fsp3) is 0.769. The number of rotatable bonds is 4. The van der Waals surface area contributed by atoms with Gasteiger partial charge in [0.25, 0.3) is 0 Å². The van der Waals surface area contributed by atoms with Crippen LogP contribution in [0.1, 0.15) is 45.4 Å². The number of carbonyl (C=O) groups is 1. The summed E-state index contributed by atoms with van der Waals surface area (Å²) in [6.45, 7) is 6.00. The first-order valence-corrected chi connectivity index (χ1v) is 5.93. The van der Waals surface area contributed by atoms with Crippen molar-refractivity contribution in [2.24, 2.45) is 17.8 Å². The van der Waals surface area contributed by atoms with E-state index in [0.717, 1.165) is 23.8 Å². The van der Waals surface area contributed by atoms with Crippen molar-refractivity contribution in [1.82, 2.24) is 0 Å². The summed E-state index contributed by atoms with van der Waals surface area (Å²) in [7, 11) is 0. The molecule has 0 spiro atoms. The summed E-state index contributed by atoms with van der Waals surface area (Å²) in [5.74, 6) is 2.44. The van der Waals surface area contributed by atoms with Crippen LogP contribution < -0.4 is 0 Å². The highest BCUT2D eigenvalue weighted by Crippen LogP contribution is 2.56. The molecule has 0 aliphatic heterocycles. The molecule has 14 heavy (non-hydrogen) atoms. The number of ketones is 1. The molecule has 0 radical (unpaired) electrons. The van der Waals surface area contributed by atoms with E-state index in [4.69, 9.17) is 0 Å². The maximum Gasteiger partial charge on any atom is 0.140 e. The quantitative estimate of drug-likeness (QED) is 0.624. The summed E-state index contributed by atoms with van der Waals surface area (Å²) in [5.41, 5.74) is 1.11. The van der Waals surface area contributed by atoms with Gasteiger partial charge in [-0.05, 0) is 31.1 Å². The zero-order valence-corrected chi connectivity index (χ0v) is 9.09. The van der Waals surface area contributed by atoms with Crippen LogP contribution in [0.25, 0.3) is 0 Å². The highest BCUT2D eigenvalue weighted by atomic mass is 16.1. The van der Waals surface area contributed by atoms with Crippen molar-refractivity contribution in [3.8, 4) is 0 Å². The predicted octanol–water partition coefficient (Wildman–Crippen LogP) is 3.35. The number of allylic oxidation sites excluding steroid dienone is 1. The number of fused-ring (bicyclic) bond motifs is 1. The van der Waals surface area contributed by atoms with Crippen LogP contribution in [0.5, 0.6) is 0 Å². The van der Waals surface area contributed by atoms with E-state index in [9.17, 15) is 4.79 Å². The molecular weight excluding hydrogens is 172 g/mol. The van der Waals surface area contributed by atoms with E-state index in [2.05, 4.69) is 13.5 Å². The molecule has 2 aliphatic rings. The van der Waals surface area contributed by atoms with Crippen LogP contribution in [-0.4, -0.2) is 5.78 Å². The Balaban J connectivity index is 1.85. The van der Waals surface area contributed by atoms with Crippen LogP contribution in [0.2, 0.25) is 0 Å². The van der Waals surface area contributed by atoms with E-state index in [1.807, 2.05) is 0 Å². The normalized spacial score (nSPS) is 34.8. The molecule has 2 saturated carbocycles. The molecule has 0 aromatic rings. The van der Waals surface area contributed by atoms with Crippen molar-refractivity contribution in [1.29, 1.82) is 0 Å². The smallest absolute Gasteiger partial charge is 0.140 e. The first kappa shape index (κ1) is 9.95. The molecule has 2 atom stereocenters. The van der Waals surface area contributed by atoms with Crippen molar-refractivity contribution in [2.45, 2.75) is 45.4 Å². The topological polar surface area (TPSA) is 17.1 Å². The van der Waals surface area contributed by atoms with E-state index in [0.29, 0.717) is 18.1 Å². The summed E-state index contributed by atoms with van der Waals surface area (Å²) in [4.78, 5) is 11.9. The molecular formula is C13H20O. The van der Waals surface area contributed by atoms with Crippen molar-refractivity contribution < 1.29 is 4.79 Å². The van der Waals surface area contributed by atoms with Gasteiger partial charge >= 0.3 is 0 Å². The number of Topliss-reactive ketones (excluding diaryl/α,β-unsaturated/α-hetero) is 1. The maximum atomic E-state index is 11.9. The van der Waals surface area contributed by atoms with Gasteiger partial charge in [-0.2, -0.15) is 0 Å². The summed E-state index contributed by atoms with van der Waals surface area (Å²) in [5, 5.41) is 0. The Morgan fingerprint density at radius 3 is 2.36 bits per heavy atom. The van der Waals surface area contributed by atoms with Gasteiger partial charge in [-0.15, -0.1) is 0 Å². The molecule has 0 N–H and O–H groups in total. The van der Waals surface area contributed by atoms with Crippen molar-refractivity contribution >= 4 is 5.78 Å². The van der Waals surface area contributed by atoms with Gasteiger partial charge in [-0.25, -0.2) is 0 Å². The van der Waals surface area contributed by atoms with Gasteiger partial charge in [0.15, 0.2) is 0 Å². The molecule has 78 valence electrons. The molecule has 0 heterocycles. The van der Waals surface area contributed by atoms with Gasteiger partial charge < -0.3 is 0 Å². The third-order valence-electron chi connectivity index (χ3n) is 3.95. The molecule has 1 heteroatoms. The van der Waals surface area contributed by atoms with Crippen LogP contribution in [0.15, 0.2) is 12.2 Å². The number of carbonyl (C=O) groups excluding carboxylic acids is 1. The molecule has 0 amide bonds. The SMILES string of the molecule is C=C(CC)CC(=O)C1C2CCCCC21. The van der Waals surface area contributed by atoms with E-state index in [1.54, 1.807) is 0 Å². The Morgan fingerprint density at radius 1 is 1.29 bits per heavy atom. The van der Waals surface area contributed by atoms with Crippen LogP contribution >= 0.6 is 0 Å². The van der Waals surface area contributed by atoms with Crippen LogP contribution in [0.4, 0.5) is 0 Å². The lowest BCUT2D eigenvalue weighted by Gasteiger charge is -2.04. The van der Waals surface area contributed by atoms with Gasteiger partial charge in [0, 0.05) is 12.3 Å². The monoisotopic (exact) mass is 192 g/mol. The lowest BCUT2D eigenvalue weighted by atomic mass is 10.0. The molecule has 2 rings (SSSR count). The van der Waals surface area contributed by atoms with Gasteiger partial charge in [0.2, 0.25) is 0 Å². The summed E-state index contributed by atoms with van der Waals surface area (Å²) in [6.07, 6.45) is 6.90. The fourth-order valence-corrected chi connectivity index (χ4v) is 2.96. The number of hydrogen-bond acceptors (Lipinski definition) is 1. The average molecular weight is 192 g/mol. The third kappa shape index (κ3) is 1.77. The van der Waals surface area contributed by atoms with E-state index in [-0.39, 0.29) is 0 Å². The van der Waals surface area contributed by atoms with Gasteiger partial charge in [-0.3, -0.25) is 4.79 Å². The second kappa shape index (κ2) is 3.88. The standard InChI is InChI=1S/C13H20O/c1-3-9(2)8-12(14)13-10-6-4-5-7-11(10)13/h10-11,13H,2-8H2,1H3. The van der Waals surface area contributed by atoms with Crippen molar-refractivity contribution in [3.05, 3.63) is 12.2 Å². The highest BCUT2D eigenvalue weighted by Gasteiger charge is 2.53. The molecule has 0 bridgehead atoms. The van der Waals surface area contributed by atoms with Gasteiger partial charge in [0.05, 0.1) is 0 Å². The summed E-state index contributed by atoms with van der Waals surface area (Å²) >= 11 is 0. The van der Waals surface area contributed by atoms with Crippen LogP contribution in [-0.2, 0) is 4.79 Å². The Hall–Kier alpha value is -0.590. The largest absolute Gasteiger partial charge is 0.299 e. The zero-order chi connectivity index (χ0) is 10.1. The zero-order valence-electron chi connectivity index (χ0n) is 9.09. The Morgan fingerprint density at radius 2 is 1.86 bits per heavy atom. The van der Waals surface area contributed by atoms with E-state index in [1.165, 1.54) is 25.7 Å². The molecule has 2 fully saturated rings. The second-order valence-electron chi connectivity index (χ2n) is 4.88. The highest BCUT2D eigenvalue weighted by molar-refractivity contribution is 5.86. The Kier molecular flexibility index (Phi) is 2.76. The van der Waals surface area contributed by atoms with Crippen LogP contribution in [0, 0.1) is 17.8 Å². The Labute approximate surface area is 86.6 Å². The van der Waals surface area contributed by atoms with Crippen molar-refractivity contribution in [3.63, 3.8) is 0 Å². The molecule has 0 saturated heterocycles.